The first kappa shape index (κ1) is 16.9. The lowest BCUT2D eigenvalue weighted by molar-refractivity contribution is -0.130. The number of carbonyl (C=O) groups excluding carboxylic acids is 1. The van der Waals surface area contributed by atoms with Gasteiger partial charge in [-0.1, -0.05) is 12.1 Å². The van der Waals surface area contributed by atoms with E-state index in [0.29, 0.717) is 13.0 Å². The summed E-state index contributed by atoms with van der Waals surface area (Å²) in [7, 11) is 0. The predicted molar refractivity (Wildman–Crippen MR) is 103 cm³/mol. The molecule has 1 aromatic carbocycles. The molecule has 6 nitrogen and oxygen atoms in total. The van der Waals surface area contributed by atoms with Crippen LogP contribution in [-0.4, -0.2) is 53.0 Å². The maximum atomic E-state index is 12.6. The Labute approximate surface area is 156 Å². The van der Waals surface area contributed by atoms with Gasteiger partial charge in [0.05, 0.1) is 24.4 Å². The molecule has 3 heterocycles. The Morgan fingerprint density at radius 2 is 2.04 bits per heavy atom. The Bertz CT molecular complexity index is 867. The van der Waals surface area contributed by atoms with Gasteiger partial charge in [-0.2, -0.15) is 0 Å². The molecule has 4 rings (SSSR count). The van der Waals surface area contributed by atoms with Crippen LogP contribution in [0.25, 0.3) is 4.96 Å². The Hall–Kier alpha value is -2.54. The summed E-state index contributed by atoms with van der Waals surface area (Å²) in [4.78, 5) is 22.3. The zero-order chi connectivity index (χ0) is 17.9. The highest BCUT2D eigenvalue weighted by Crippen LogP contribution is 2.28. The van der Waals surface area contributed by atoms with Crippen LogP contribution >= 0.6 is 11.3 Å². The first-order valence-corrected chi connectivity index (χ1v) is 9.78. The van der Waals surface area contributed by atoms with Gasteiger partial charge < -0.3 is 14.5 Å². The number of hydrogen-bond donors (Lipinski definition) is 0. The third-order valence-corrected chi connectivity index (χ3v) is 5.38. The number of piperazine rings is 1. The SMILES string of the molecule is CCOc1ccccc1N1CCN(C(=O)Cc2cn3ccsc3n2)CC1. The van der Waals surface area contributed by atoms with Crippen molar-refractivity contribution >= 4 is 27.9 Å². The van der Waals surface area contributed by atoms with Gasteiger partial charge in [-0.25, -0.2) is 4.98 Å². The number of anilines is 1. The zero-order valence-corrected chi connectivity index (χ0v) is 15.6. The lowest BCUT2D eigenvalue weighted by Crippen LogP contribution is -2.49. The molecule has 0 unspecified atom stereocenters. The summed E-state index contributed by atoms with van der Waals surface area (Å²) in [5.41, 5.74) is 1.95. The molecule has 3 aromatic rings. The van der Waals surface area contributed by atoms with E-state index in [1.807, 2.05) is 52.2 Å². The second-order valence-electron chi connectivity index (χ2n) is 6.27. The van der Waals surface area contributed by atoms with Gasteiger partial charge in [0, 0.05) is 44.0 Å². The Balaban J connectivity index is 1.37. The molecule has 0 atom stereocenters. The van der Waals surface area contributed by atoms with Crippen molar-refractivity contribution in [3.05, 3.63) is 47.7 Å². The van der Waals surface area contributed by atoms with Crippen LogP contribution in [0.1, 0.15) is 12.6 Å². The molecular formula is C19H22N4O2S. The number of rotatable bonds is 5. The standard InChI is InChI=1S/C19H22N4O2S/c1-2-25-17-6-4-3-5-16(17)21-7-9-22(10-8-21)18(24)13-15-14-23-11-12-26-19(23)20-15/h3-6,11-12,14H,2,7-10,13H2,1H3. The predicted octanol–water partition coefficient (Wildman–Crippen LogP) is 2.69. The van der Waals surface area contributed by atoms with Crippen molar-refractivity contribution in [2.75, 3.05) is 37.7 Å². The van der Waals surface area contributed by atoms with E-state index in [1.54, 1.807) is 11.3 Å². The summed E-state index contributed by atoms with van der Waals surface area (Å²) in [6.45, 7) is 5.72. The van der Waals surface area contributed by atoms with E-state index < -0.39 is 0 Å². The molecule has 0 bridgehead atoms. The first-order chi connectivity index (χ1) is 12.7. The number of aromatic nitrogens is 2. The van der Waals surface area contributed by atoms with E-state index in [1.165, 1.54) is 0 Å². The van der Waals surface area contributed by atoms with Crippen LogP contribution in [0.15, 0.2) is 42.0 Å². The van der Waals surface area contributed by atoms with Crippen molar-refractivity contribution in [3.63, 3.8) is 0 Å². The number of benzene rings is 1. The topological polar surface area (TPSA) is 50.1 Å². The van der Waals surface area contributed by atoms with Gasteiger partial charge in [-0.15, -0.1) is 11.3 Å². The molecule has 1 aliphatic rings. The lowest BCUT2D eigenvalue weighted by Gasteiger charge is -2.36. The number of fused-ring (bicyclic) bond motifs is 1. The third kappa shape index (κ3) is 3.39. The third-order valence-electron chi connectivity index (χ3n) is 4.61. The number of amides is 1. The number of thiazole rings is 1. The molecule has 0 saturated carbocycles. The van der Waals surface area contributed by atoms with Crippen LogP contribution in [0.2, 0.25) is 0 Å². The molecule has 0 N–H and O–H groups in total. The number of carbonyl (C=O) groups is 1. The van der Waals surface area contributed by atoms with E-state index >= 15 is 0 Å². The van der Waals surface area contributed by atoms with Gasteiger partial charge in [-0.3, -0.25) is 9.20 Å². The minimum absolute atomic E-state index is 0.147. The summed E-state index contributed by atoms with van der Waals surface area (Å²) in [5, 5.41) is 1.99. The lowest BCUT2D eigenvalue weighted by atomic mass is 10.2. The summed E-state index contributed by atoms with van der Waals surface area (Å²) >= 11 is 1.58. The molecule has 1 aliphatic heterocycles. The van der Waals surface area contributed by atoms with E-state index in [4.69, 9.17) is 4.74 Å². The highest BCUT2D eigenvalue weighted by molar-refractivity contribution is 7.15. The fraction of sp³-hybridized carbons (Fsp3) is 0.368. The quantitative estimate of drug-likeness (QED) is 0.693. The van der Waals surface area contributed by atoms with E-state index in [-0.39, 0.29) is 5.91 Å². The fourth-order valence-corrected chi connectivity index (χ4v) is 4.04. The monoisotopic (exact) mass is 370 g/mol. The van der Waals surface area contributed by atoms with Crippen molar-refractivity contribution < 1.29 is 9.53 Å². The minimum atomic E-state index is 0.147. The molecule has 2 aromatic heterocycles. The molecule has 1 amide bonds. The maximum Gasteiger partial charge on any atom is 0.228 e. The number of para-hydroxylation sites is 2. The highest BCUT2D eigenvalue weighted by Gasteiger charge is 2.23. The van der Waals surface area contributed by atoms with Crippen LogP contribution in [0, 0.1) is 0 Å². The normalized spacial score (nSPS) is 14.8. The summed E-state index contributed by atoms with van der Waals surface area (Å²) in [6, 6.07) is 8.10. The maximum absolute atomic E-state index is 12.6. The van der Waals surface area contributed by atoms with Crippen molar-refractivity contribution in [1.82, 2.24) is 14.3 Å². The van der Waals surface area contributed by atoms with Gasteiger partial charge >= 0.3 is 0 Å². The average molecular weight is 370 g/mol. The van der Waals surface area contributed by atoms with Gasteiger partial charge in [-0.05, 0) is 19.1 Å². The van der Waals surface area contributed by atoms with Crippen LogP contribution in [0.5, 0.6) is 5.75 Å². The largest absolute Gasteiger partial charge is 0.492 e. The zero-order valence-electron chi connectivity index (χ0n) is 14.8. The van der Waals surface area contributed by atoms with E-state index in [0.717, 1.165) is 48.3 Å². The Morgan fingerprint density at radius 1 is 1.23 bits per heavy atom. The van der Waals surface area contributed by atoms with Crippen molar-refractivity contribution in [2.45, 2.75) is 13.3 Å². The average Bonchev–Trinajstić information content (AvgIpc) is 3.24. The fourth-order valence-electron chi connectivity index (χ4n) is 3.32. The van der Waals surface area contributed by atoms with Crippen LogP contribution in [-0.2, 0) is 11.2 Å². The molecule has 26 heavy (non-hydrogen) atoms. The summed E-state index contributed by atoms with van der Waals surface area (Å²) < 4.78 is 7.70. The smallest absolute Gasteiger partial charge is 0.228 e. The van der Waals surface area contributed by atoms with Gasteiger partial charge in [0.2, 0.25) is 5.91 Å². The molecule has 0 radical (unpaired) electrons. The molecule has 0 aliphatic carbocycles. The number of nitrogens with zero attached hydrogens (tertiary/aromatic N) is 4. The first-order valence-electron chi connectivity index (χ1n) is 8.90. The van der Waals surface area contributed by atoms with Crippen molar-refractivity contribution in [2.24, 2.45) is 0 Å². The molecule has 0 spiro atoms. The molecule has 1 saturated heterocycles. The van der Waals surface area contributed by atoms with Gasteiger partial charge in [0.1, 0.15) is 5.75 Å². The molecular weight excluding hydrogens is 348 g/mol. The number of imidazole rings is 1. The molecule has 136 valence electrons. The highest BCUT2D eigenvalue weighted by atomic mass is 32.1. The number of ether oxygens (including phenoxy) is 1. The molecule has 7 heteroatoms. The summed E-state index contributed by atoms with van der Waals surface area (Å²) in [6.07, 6.45) is 4.28. The van der Waals surface area contributed by atoms with Crippen molar-refractivity contribution in [3.8, 4) is 5.75 Å². The molecule has 1 fully saturated rings. The second-order valence-corrected chi connectivity index (χ2v) is 7.14. The number of hydrogen-bond acceptors (Lipinski definition) is 5. The van der Waals surface area contributed by atoms with Crippen LogP contribution in [0.4, 0.5) is 5.69 Å². The minimum Gasteiger partial charge on any atom is -0.492 e. The van der Waals surface area contributed by atoms with Crippen LogP contribution in [0.3, 0.4) is 0 Å². The Morgan fingerprint density at radius 3 is 2.81 bits per heavy atom. The van der Waals surface area contributed by atoms with E-state index in [9.17, 15) is 4.79 Å². The van der Waals surface area contributed by atoms with Gasteiger partial charge in [0.25, 0.3) is 0 Å². The van der Waals surface area contributed by atoms with Crippen LogP contribution < -0.4 is 9.64 Å². The van der Waals surface area contributed by atoms with Gasteiger partial charge in [0.15, 0.2) is 4.96 Å². The van der Waals surface area contributed by atoms with E-state index in [2.05, 4.69) is 16.0 Å². The van der Waals surface area contributed by atoms with Crippen molar-refractivity contribution in [1.29, 1.82) is 0 Å². The second kappa shape index (κ2) is 7.37. The Kier molecular flexibility index (Phi) is 4.79. The summed E-state index contributed by atoms with van der Waals surface area (Å²) in [5.74, 6) is 1.06.